The van der Waals surface area contributed by atoms with Crippen molar-refractivity contribution >= 4 is 5.78 Å². The molecule has 2 fully saturated rings. The lowest BCUT2D eigenvalue weighted by Crippen LogP contribution is -2.42. The van der Waals surface area contributed by atoms with Gasteiger partial charge in [-0.15, -0.1) is 0 Å². The van der Waals surface area contributed by atoms with Crippen molar-refractivity contribution in [3.63, 3.8) is 0 Å². The lowest BCUT2D eigenvalue weighted by molar-refractivity contribution is -0.122. The molecule has 3 atom stereocenters. The Morgan fingerprint density at radius 2 is 2.17 bits per heavy atom. The predicted molar refractivity (Wildman–Crippen MR) is 47.9 cm³/mol. The Balaban J connectivity index is 2.11. The molecule has 2 nitrogen and oxygen atoms in total. The normalized spacial score (nSPS) is 40.2. The van der Waals surface area contributed by atoms with E-state index >= 15 is 0 Å². The zero-order valence-electron chi connectivity index (χ0n) is 8.08. The van der Waals surface area contributed by atoms with Gasteiger partial charge in [0.05, 0.1) is 6.04 Å². The molecule has 1 aliphatic heterocycles. The van der Waals surface area contributed by atoms with Crippen LogP contribution in [0.5, 0.6) is 0 Å². The van der Waals surface area contributed by atoms with Crippen molar-refractivity contribution in [1.82, 2.24) is 4.90 Å². The maximum Gasteiger partial charge on any atom is 0.147 e. The van der Waals surface area contributed by atoms with Gasteiger partial charge in [-0.05, 0) is 39.0 Å². The van der Waals surface area contributed by atoms with Crippen LogP contribution in [0.15, 0.2) is 0 Å². The minimum Gasteiger partial charge on any atom is -0.298 e. The van der Waals surface area contributed by atoms with Gasteiger partial charge in [0.2, 0.25) is 0 Å². The Bertz CT molecular complexity index is 212. The first-order valence-corrected chi connectivity index (χ1v) is 4.87. The van der Waals surface area contributed by atoms with Gasteiger partial charge in [0.1, 0.15) is 5.78 Å². The average molecular weight is 167 g/mol. The van der Waals surface area contributed by atoms with Gasteiger partial charge in [0.15, 0.2) is 0 Å². The highest BCUT2D eigenvalue weighted by molar-refractivity contribution is 5.82. The van der Waals surface area contributed by atoms with E-state index in [1.807, 2.05) is 0 Å². The topological polar surface area (TPSA) is 20.3 Å². The van der Waals surface area contributed by atoms with Crippen molar-refractivity contribution in [3.8, 4) is 0 Å². The summed E-state index contributed by atoms with van der Waals surface area (Å²) in [5.41, 5.74) is 0. The van der Waals surface area contributed by atoms with Crippen molar-refractivity contribution in [3.05, 3.63) is 0 Å². The van der Waals surface area contributed by atoms with Crippen molar-refractivity contribution in [2.24, 2.45) is 11.8 Å². The van der Waals surface area contributed by atoms with Crippen LogP contribution >= 0.6 is 0 Å². The number of piperidine rings is 1. The number of ketones is 1. The monoisotopic (exact) mass is 167 g/mol. The highest BCUT2D eigenvalue weighted by Gasteiger charge is 2.54. The molecule has 1 aliphatic carbocycles. The summed E-state index contributed by atoms with van der Waals surface area (Å²) in [6.45, 7) is 7.26. The standard InChI is InChI=1S/C10H17NO/c1-6(2)11-5-8-4-9(8)10(11)7(3)12/h6,8-10H,4-5H2,1-3H3/t8-,9-,10-/m1/s1. The summed E-state index contributed by atoms with van der Waals surface area (Å²) in [5.74, 6) is 1.93. The van der Waals surface area contributed by atoms with Gasteiger partial charge in [-0.1, -0.05) is 0 Å². The molecule has 2 aliphatic rings. The molecule has 1 saturated heterocycles. The molecule has 0 aromatic heterocycles. The Hall–Kier alpha value is -0.370. The van der Waals surface area contributed by atoms with Gasteiger partial charge in [-0.3, -0.25) is 9.69 Å². The summed E-state index contributed by atoms with van der Waals surface area (Å²) in [6.07, 6.45) is 1.30. The van der Waals surface area contributed by atoms with E-state index in [9.17, 15) is 4.79 Å². The van der Waals surface area contributed by atoms with E-state index in [1.165, 1.54) is 6.42 Å². The maximum atomic E-state index is 11.4. The number of rotatable bonds is 2. The van der Waals surface area contributed by atoms with E-state index in [0.29, 0.717) is 17.7 Å². The molecular formula is C10H17NO. The van der Waals surface area contributed by atoms with Gasteiger partial charge >= 0.3 is 0 Å². The van der Waals surface area contributed by atoms with Crippen LogP contribution in [0.3, 0.4) is 0 Å². The molecule has 0 N–H and O–H groups in total. The van der Waals surface area contributed by atoms with Crippen LogP contribution in [0.2, 0.25) is 0 Å². The highest BCUT2D eigenvalue weighted by atomic mass is 16.1. The maximum absolute atomic E-state index is 11.4. The van der Waals surface area contributed by atoms with E-state index < -0.39 is 0 Å². The van der Waals surface area contributed by atoms with Gasteiger partial charge in [0.25, 0.3) is 0 Å². The number of nitrogens with zero attached hydrogens (tertiary/aromatic N) is 1. The van der Waals surface area contributed by atoms with Gasteiger partial charge in [-0.2, -0.15) is 0 Å². The van der Waals surface area contributed by atoms with Crippen molar-refractivity contribution in [2.45, 2.75) is 39.3 Å². The Kier molecular flexibility index (Phi) is 1.76. The zero-order chi connectivity index (χ0) is 8.88. The second kappa shape index (κ2) is 2.56. The van der Waals surface area contributed by atoms with Gasteiger partial charge < -0.3 is 0 Å². The SMILES string of the molecule is CC(=O)[C@@H]1[C@@H]2C[C@@H]2CN1C(C)C. The van der Waals surface area contributed by atoms with Crippen molar-refractivity contribution in [1.29, 1.82) is 0 Å². The number of carbonyl (C=O) groups excluding carboxylic acids is 1. The zero-order valence-corrected chi connectivity index (χ0v) is 8.08. The largest absolute Gasteiger partial charge is 0.298 e. The smallest absolute Gasteiger partial charge is 0.147 e. The molecule has 0 aromatic rings. The fourth-order valence-corrected chi connectivity index (χ4v) is 2.56. The third-order valence-corrected chi connectivity index (χ3v) is 3.27. The molecule has 2 rings (SSSR count). The van der Waals surface area contributed by atoms with E-state index in [0.717, 1.165) is 12.5 Å². The van der Waals surface area contributed by atoms with Crippen LogP contribution in [0.25, 0.3) is 0 Å². The molecule has 0 unspecified atom stereocenters. The van der Waals surface area contributed by atoms with E-state index in [4.69, 9.17) is 0 Å². The molecule has 0 spiro atoms. The van der Waals surface area contributed by atoms with Crippen molar-refractivity contribution < 1.29 is 4.79 Å². The molecule has 1 saturated carbocycles. The van der Waals surface area contributed by atoms with Gasteiger partial charge in [-0.25, -0.2) is 0 Å². The molecule has 1 heterocycles. The number of hydrogen-bond acceptors (Lipinski definition) is 2. The van der Waals surface area contributed by atoms with Gasteiger partial charge in [0, 0.05) is 12.6 Å². The van der Waals surface area contributed by atoms with Crippen LogP contribution in [0.4, 0.5) is 0 Å². The first kappa shape index (κ1) is 8.24. The highest BCUT2D eigenvalue weighted by Crippen LogP contribution is 2.50. The third kappa shape index (κ3) is 1.09. The predicted octanol–water partition coefficient (Wildman–Crippen LogP) is 1.30. The van der Waals surface area contributed by atoms with Crippen LogP contribution in [-0.2, 0) is 4.79 Å². The molecule has 0 radical (unpaired) electrons. The van der Waals surface area contributed by atoms with Crippen LogP contribution in [-0.4, -0.2) is 29.3 Å². The minimum atomic E-state index is 0.259. The van der Waals surface area contributed by atoms with Crippen LogP contribution in [0.1, 0.15) is 27.2 Å². The molecule has 2 heteroatoms. The first-order chi connectivity index (χ1) is 5.61. The Morgan fingerprint density at radius 1 is 1.50 bits per heavy atom. The summed E-state index contributed by atoms with van der Waals surface area (Å²) >= 11 is 0. The summed E-state index contributed by atoms with van der Waals surface area (Å²) < 4.78 is 0. The molecule has 0 aromatic carbocycles. The van der Waals surface area contributed by atoms with E-state index in [-0.39, 0.29) is 6.04 Å². The lowest BCUT2D eigenvalue weighted by Gasteiger charge is -2.28. The van der Waals surface area contributed by atoms with Crippen molar-refractivity contribution in [2.75, 3.05) is 6.54 Å². The summed E-state index contributed by atoms with van der Waals surface area (Å²) in [6, 6.07) is 0.793. The molecule has 0 amide bonds. The fraction of sp³-hybridized carbons (Fsp3) is 0.900. The van der Waals surface area contributed by atoms with Crippen LogP contribution in [0, 0.1) is 11.8 Å². The van der Waals surface area contributed by atoms with E-state index in [1.54, 1.807) is 6.92 Å². The first-order valence-electron chi connectivity index (χ1n) is 4.87. The lowest BCUT2D eigenvalue weighted by atomic mass is 10.1. The number of carbonyl (C=O) groups is 1. The summed E-state index contributed by atoms with van der Waals surface area (Å²) in [4.78, 5) is 13.7. The number of fused-ring (bicyclic) bond motifs is 1. The average Bonchev–Trinajstić information content (AvgIpc) is 2.60. The fourth-order valence-electron chi connectivity index (χ4n) is 2.56. The number of hydrogen-bond donors (Lipinski definition) is 0. The minimum absolute atomic E-state index is 0.259. The Labute approximate surface area is 73.9 Å². The molecule has 12 heavy (non-hydrogen) atoms. The molecular weight excluding hydrogens is 150 g/mol. The molecule has 0 bridgehead atoms. The Morgan fingerprint density at radius 3 is 2.58 bits per heavy atom. The second-order valence-electron chi connectivity index (χ2n) is 4.51. The summed E-state index contributed by atoms with van der Waals surface area (Å²) in [7, 11) is 0. The number of likely N-dealkylation sites (tertiary alicyclic amines) is 1. The van der Waals surface area contributed by atoms with Crippen LogP contribution < -0.4 is 0 Å². The third-order valence-electron chi connectivity index (χ3n) is 3.27. The number of Topliss-reactive ketones (excluding diaryl/α,β-unsaturated/α-hetero) is 1. The summed E-state index contributed by atoms with van der Waals surface area (Å²) in [5, 5.41) is 0. The van der Waals surface area contributed by atoms with E-state index in [2.05, 4.69) is 18.7 Å². The second-order valence-corrected chi connectivity index (χ2v) is 4.51. The molecule has 68 valence electrons. The quantitative estimate of drug-likeness (QED) is 0.618.